The fourth-order valence-electron chi connectivity index (χ4n) is 2.42. The summed E-state index contributed by atoms with van der Waals surface area (Å²) in [5.41, 5.74) is 0.694. The Bertz CT molecular complexity index is 476. The van der Waals surface area contributed by atoms with Crippen molar-refractivity contribution in [2.75, 3.05) is 7.11 Å². The molecule has 3 nitrogen and oxygen atoms in total. The van der Waals surface area contributed by atoms with Gasteiger partial charge in [0.2, 0.25) is 0 Å². The Labute approximate surface area is 111 Å². The van der Waals surface area contributed by atoms with Gasteiger partial charge in [0.05, 0.1) is 12.7 Å². The van der Waals surface area contributed by atoms with Crippen molar-refractivity contribution in [1.82, 2.24) is 0 Å². The molecule has 1 fully saturated rings. The molecule has 0 heterocycles. The normalized spacial score (nSPS) is 15.7. The number of carbonyl (C=O) groups excluding carboxylic acids is 2. The Morgan fingerprint density at radius 1 is 1.22 bits per heavy atom. The highest BCUT2D eigenvalue weighted by Gasteiger charge is 2.27. The third kappa shape index (κ3) is 2.56. The van der Waals surface area contributed by atoms with Gasteiger partial charge in [0.1, 0.15) is 0 Å². The van der Waals surface area contributed by atoms with Crippen molar-refractivity contribution in [2.45, 2.75) is 25.7 Å². The van der Waals surface area contributed by atoms with Crippen molar-refractivity contribution >= 4 is 23.4 Å². The number of ketones is 1. The molecule has 1 saturated carbocycles. The Kier molecular flexibility index (Phi) is 4.02. The minimum atomic E-state index is -0.515. The summed E-state index contributed by atoms with van der Waals surface area (Å²) in [6.07, 6.45) is 3.97. The van der Waals surface area contributed by atoms with Gasteiger partial charge >= 0.3 is 5.97 Å². The van der Waals surface area contributed by atoms with Gasteiger partial charge in [0.25, 0.3) is 0 Å². The maximum absolute atomic E-state index is 12.3. The zero-order chi connectivity index (χ0) is 13.1. The largest absolute Gasteiger partial charge is 0.465 e. The third-order valence-corrected chi connectivity index (χ3v) is 3.61. The van der Waals surface area contributed by atoms with E-state index in [9.17, 15) is 9.59 Å². The predicted molar refractivity (Wildman–Crippen MR) is 69.1 cm³/mol. The number of hydrogen-bond acceptors (Lipinski definition) is 3. The van der Waals surface area contributed by atoms with Crippen LogP contribution in [-0.2, 0) is 4.74 Å². The minimum absolute atomic E-state index is 0.0320. The zero-order valence-electron chi connectivity index (χ0n) is 10.2. The van der Waals surface area contributed by atoms with Gasteiger partial charge in [0.15, 0.2) is 5.78 Å². The van der Waals surface area contributed by atoms with Gasteiger partial charge in [0, 0.05) is 16.5 Å². The van der Waals surface area contributed by atoms with E-state index in [1.165, 1.54) is 13.2 Å². The maximum atomic E-state index is 12.3. The van der Waals surface area contributed by atoms with Crippen molar-refractivity contribution in [3.05, 3.63) is 34.3 Å². The molecule has 0 atom stereocenters. The first-order valence-corrected chi connectivity index (χ1v) is 6.43. The monoisotopic (exact) mass is 266 g/mol. The second kappa shape index (κ2) is 5.53. The van der Waals surface area contributed by atoms with E-state index in [0.717, 1.165) is 25.7 Å². The lowest BCUT2D eigenvalue weighted by Crippen LogP contribution is -2.16. The molecule has 0 aromatic heterocycles. The van der Waals surface area contributed by atoms with Crippen molar-refractivity contribution in [2.24, 2.45) is 5.92 Å². The molecular weight excluding hydrogens is 252 g/mol. The molecule has 2 rings (SSSR count). The van der Waals surface area contributed by atoms with E-state index in [0.29, 0.717) is 10.6 Å². The van der Waals surface area contributed by atoms with Crippen molar-refractivity contribution in [3.8, 4) is 0 Å². The first kappa shape index (κ1) is 13.1. The van der Waals surface area contributed by atoms with Gasteiger partial charge < -0.3 is 4.74 Å². The van der Waals surface area contributed by atoms with E-state index in [4.69, 9.17) is 16.3 Å². The number of methoxy groups -OCH3 is 1. The highest BCUT2D eigenvalue weighted by molar-refractivity contribution is 6.31. The first-order valence-electron chi connectivity index (χ1n) is 6.05. The topological polar surface area (TPSA) is 43.4 Å². The standard InChI is InChI=1S/C14H15ClO3/c1-18-14(17)12-8-10(15)6-7-11(12)13(16)9-4-2-3-5-9/h6-9H,2-5H2,1H3. The number of halogens is 1. The molecule has 18 heavy (non-hydrogen) atoms. The summed E-state index contributed by atoms with van der Waals surface area (Å²) in [4.78, 5) is 24.0. The number of carbonyl (C=O) groups is 2. The van der Waals surface area contributed by atoms with Gasteiger partial charge in [-0.2, -0.15) is 0 Å². The van der Waals surface area contributed by atoms with Gasteiger partial charge in [-0.1, -0.05) is 24.4 Å². The van der Waals surface area contributed by atoms with E-state index < -0.39 is 5.97 Å². The SMILES string of the molecule is COC(=O)c1cc(Cl)ccc1C(=O)C1CCCC1. The number of rotatable bonds is 3. The Morgan fingerprint density at radius 2 is 1.89 bits per heavy atom. The first-order chi connectivity index (χ1) is 8.63. The van der Waals surface area contributed by atoms with Crippen molar-refractivity contribution in [3.63, 3.8) is 0 Å². The minimum Gasteiger partial charge on any atom is -0.465 e. The summed E-state index contributed by atoms with van der Waals surface area (Å²) in [7, 11) is 1.30. The van der Waals surface area contributed by atoms with Crippen LogP contribution in [0.1, 0.15) is 46.4 Å². The summed E-state index contributed by atoms with van der Waals surface area (Å²) in [6.45, 7) is 0. The average Bonchev–Trinajstić information content (AvgIpc) is 2.90. The highest BCUT2D eigenvalue weighted by atomic mass is 35.5. The van der Waals surface area contributed by atoms with Crippen LogP contribution < -0.4 is 0 Å². The number of benzene rings is 1. The molecular formula is C14H15ClO3. The average molecular weight is 267 g/mol. The molecule has 96 valence electrons. The molecule has 0 N–H and O–H groups in total. The lowest BCUT2D eigenvalue weighted by Gasteiger charge is -2.11. The van der Waals surface area contributed by atoms with Crippen molar-refractivity contribution < 1.29 is 14.3 Å². The van der Waals surface area contributed by atoms with Crippen LogP contribution >= 0.6 is 11.6 Å². The third-order valence-electron chi connectivity index (χ3n) is 3.38. The summed E-state index contributed by atoms with van der Waals surface area (Å²) < 4.78 is 4.69. The molecule has 0 bridgehead atoms. The number of Topliss-reactive ketones (excluding diaryl/α,β-unsaturated/α-hetero) is 1. The summed E-state index contributed by atoms with van der Waals surface area (Å²) in [5.74, 6) is -0.446. The molecule has 0 saturated heterocycles. The fourth-order valence-corrected chi connectivity index (χ4v) is 2.59. The lowest BCUT2D eigenvalue weighted by atomic mass is 9.93. The highest BCUT2D eigenvalue weighted by Crippen LogP contribution is 2.30. The fraction of sp³-hybridized carbons (Fsp3) is 0.429. The lowest BCUT2D eigenvalue weighted by molar-refractivity contribution is 0.0596. The summed E-state index contributed by atoms with van der Waals surface area (Å²) in [5, 5.41) is 0.429. The van der Waals surface area contributed by atoms with E-state index in [-0.39, 0.29) is 17.3 Å². The van der Waals surface area contributed by atoms with Gasteiger partial charge in [-0.15, -0.1) is 0 Å². The molecule has 1 aromatic carbocycles. The number of ether oxygens (including phenoxy) is 1. The van der Waals surface area contributed by atoms with Crippen LogP contribution in [0.3, 0.4) is 0 Å². The van der Waals surface area contributed by atoms with E-state index in [1.807, 2.05) is 0 Å². The van der Waals surface area contributed by atoms with Gasteiger partial charge in [-0.05, 0) is 31.0 Å². The predicted octanol–water partition coefficient (Wildman–Crippen LogP) is 3.50. The second-order valence-electron chi connectivity index (χ2n) is 4.53. The molecule has 4 heteroatoms. The van der Waals surface area contributed by atoms with Crippen LogP contribution in [0.4, 0.5) is 0 Å². The second-order valence-corrected chi connectivity index (χ2v) is 4.96. The van der Waals surface area contributed by atoms with Crippen LogP contribution in [0.25, 0.3) is 0 Å². The molecule has 0 radical (unpaired) electrons. The maximum Gasteiger partial charge on any atom is 0.338 e. The Hall–Kier alpha value is -1.35. The molecule has 1 aromatic rings. The molecule has 0 aliphatic heterocycles. The van der Waals surface area contributed by atoms with Crippen LogP contribution in [0, 0.1) is 5.92 Å². The molecule has 0 amide bonds. The van der Waals surface area contributed by atoms with Crippen LogP contribution in [0.15, 0.2) is 18.2 Å². The van der Waals surface area contributed by atoms with Crippen LogP contribution in [0.2, 0.25) is 5.02 Å². The van der Waals surface area contributed by atoms with Gasteiger partial charge in [-0.25, -0.2) is 4.79 Å². The van der Waals surface area contributed by atoms with E-state index in [1.54, 1.807) is 12.1 Å². The Morgan fingerprint density at radius 3 is 2.50 bits per heavy atom. The van der Waals surface area contributed by atoms with Gasteiger partial charge in [-0.3, -0.25) is 4.79 Å². The molecule has 0 spiro atoms. The summed E-state index contributed by atoms with van der Waals surface area (Å²) in [6, 6.07) is 4.75. The molecule has 0 unspecified atom stereocenters. The Balaban J connectivity index is 2.36. The molecule has 1 aliphatic rings. The summed E-state index contributed by atoms with van der Waals surface area (Å²) >= 11 is 5.86. The van der Waals surface area contributed by atoms with Crippen LogP contribution in [-0.4, -0.2) is 18.9 Å². The van der Waals surface area contributed by atoms with E-state index in [2.05, 4.69) is 0 Å². The van der Waals surface area contributed by atoms with Crippen LogP contribution in [0.5, 0.6) is 0 Å². The zero-order valence-corrected chi connectivity index (χ0v) is 11.0. The van der Waals surface area contributed by atoms with Crippen molar-refractivity contribution in [1.29, 1.82) is 0 Å². The quantitative estimate of drug-likeness (QED) is 0.621. The number of esters is 1. The smallest absolute Gasteiger partial charge is 0.338 e. The number of hydrogen-bond donors (Lipinski definition) is 0. The van der Waals surface area contributed by atoms with E-state index >= 15 is 0 Å². The molecule has 1 aliphatic carbocycles.